The van der Waals surface area contributed by atoms with Gasteiger partial charge >= 0.3 is 5.97 Å². The van der Waals surface area contributed by atoms with Crippen LogP contribution >= 0.6 is 0 Å². The van der Waals surface area contributed by atoms with Gasteiger partial charge in [0.25, 0.3) is 0 Å². The van der Waals surface area contributed by atoms with E-state index in [1.165, 1.54) is 7.11 Å². The Hall–Kier alpha value is -0.830. The van der Waals surface area contributed by atoms with Crippen molar-refractivity contribution in [2.45, 2.75) is 45.2 Å². The van der Waals surface area contributed by atoms with Crippen LogP contribution in [-0.2, 0) is 9.53 Å². The Morgan fingerprint density at radius 1 is 1.64 bits per heavy atom. The van der Waals surface area contributed by atoms with Crippen LogP contribution in [0.5, 0.6) is 0 Å². The molecule has 1 N–H and O–H groups in total. The lowest BCUT2D eigenvalue weighted by Crippen LogP contribution is -2.52. The largest absolute Gasteiger partial charge is 0.468 e. The highest BCUT2D eigenvalue weighted by atomic mass is 16.5. The normalized spacial score (nSPS) is 14.9. The number of allylic oxidation sites excluding steroid dienone is 1. The third-order valence-corrected chi connectivity index (χ3v) is 2.09. The predicted molar refractivity (Wildman–Crippen MR) is 58.1 cm³/mol. The van der Waals surface area contributed by atoms with Gasteiger partial charge < -0.3 is 4.74 Å². The second-order valence-corrected chi connectivity index (χ2v) is 3.95. The summed E-state index contributed by atoms with van der Waals surface area (Å²) < 4.78 is 4.78. The molecule has 0 bridgehead atoms. The van der Waals surface area contributed by atoms with Gasteiger partial charge in [-0.25, -0.2) is 0 Å². The predicted octanol–water partition coefficient (Wildman–Crippen LogP) is 1.88. The first-order chi connectivity index (χ1) is 6.46. The molecule has 0 aliphatic rings. The van der Waals surface area contributed by atoms with Crippen LogP contribution in [0.15, 0.2) is 12.7 Å². The minimum atomic E-state index is -0.600. The van der Waals surface area contributed by atoms with Gasteiger partial charge in [0.1, 0.15) is 5.54 Å². The van der Waals surface area contributed by atoms with Crippen molar-refractivity contribution >= 4 is 5.97 Å². The average Bonchev–Trinajstić information content (AvgIpc) is 2.12. The topological polar surface area (TPSA) is 38.3 Å². The van der Waals surface area contributed by atoms with Gasteiger partial charge in [0.15, 0.2) is 0 Å². The van der Waals surface area contributed by atoms with Crippen LogP contribution in [0.1, 0.15) is 33.6 Å². The van der Waals surface area contributed by atoms with Gasteiger partial charge in [-0.3, -0.25) is 10.1 Å². The first-order valence-corrected chi connectivity index (χ1v) is 4.93. The molecule has 3 nitrogen and oxygen atoms in total. The number of rotatable bonds is 6. The Kier molecular flexibility index (Phi) is 5.46. The summed E-state index contributed by atoms with van der Waals surface area (Å²) in [6.07, 6.45) is 3.32. The summed E-state index contributed by atoms with van der Waals surface area (Å²) >= 11 is 0. The molecule has 0 saturated heterocycles. The van der Waals surface area contributed by atoms with E-state index in [-0.39, 0.29) is 12.0 Å². The third kappa shape index (κ3) is 3.92. The molecule has 0 aliphatic heterocycles. The van der Waals surface area contributed by atoms with Crippen molar-refractivity contribution in [1.82, 2.24) is 5.32 Å². The number of methoxy groups -OCH3 is 1. The summed E-state index contributed by atoms with van der Waals surface area (Å²) in [5, 5.41) is 3.22. The second kappa shape index (κ2) is 5.81. The molecule has 0 aliphatic carbocycles. The van der Waals surface area contributed by atoms with Crippen molar-refractivity contribution in [2.75, 3.05) is 7.11 Å². The molecule has 0 spiro atoms. The van der Waals surface area contributed by atoms with Crippen molar-refractivity contribution in [3.63, 3.8) is 0 Å². The number of carbonyl (C=O) groups excluding carboxylic acids is 1. The fourth-order valence-electron chi connectivity index (χ4n) is 1.49. The molecule has 0 saturated carbocycles. The van der Waals surface area contributed by atoms with E-state index in [2.05, 4.69) is 11.9 Å². The lowest BCUT2D eigenvalue weighted by atomic mass is 9.95. The highest BCUT2D eigenvalue weighted by molar-refractivity contribution is 5.80. The molecule has 0 aromatic carbocycles. The second-order valence-electron chi connectivity index (χ2n) is 3.95. The first kappa shape index (κ1) is 13.2. The standard InChI is InChI=1S/C11H21NO2/c1-6-7-8-11(4,10(13)14-5)12-9(2)3/h6,9,12H,1,7-8H2,2-5H3. The first-order valence-electron chi connectivity index (χ1n) is 4.93. The zero-order chi connectivity index (χ0) is 11.2. The van der Waals surface area contributed by atoms with Crippen LogP contribution in [0.3, 0.4) is 0 Å². The molecule has 1 atom stereocenters. The van der Waals surface area contributed by atoms with E-state index < -0.39 is 5.54 Å². The van der Waals surface area contributed by atoms with Crippen molar-refractivity contribution in [2.24, 2.45) is 0 Å². The van der Waals surface area contributed by atoms with Crippen LogP contribution in [0.4, 0.5) is 0 Å². The number of hydrogen-bond acceptors (Lipinski definition) is 3. The highest BCUT2D eigenvalue weighted by Gasteiger charge is 2.33. The van der Waals surface area contributed by atoms with Crippen LogP contribution in [0.25, 0.3) is 0 Å². The van der Waals surface area contributed by atoms with Gasteiger partial charge in [-0.2, -0.15) is 0 Å². The molecule has 3 heteroatoms. The van der Waals surface area contributed by atoms with E-state index in [9.17, 15) is 4.79 Å². The molecule has 0 rings (SSSR count). The zero-order valence-corrected chi connectivity index (χ0v) is 9.59. The lowest BCUT2D eigenvalue weighted by molar-refractivity contribution is -0.148. The molecule has 14 heavy (non-hydrogen) atoms. The van der Waals surface area contributed by atoms with E-state index in [0.717, 1.165) is 6.42 Å². The zero-order valence-electron chi connectivity index (χ0n) is 9.59. The van der Waals surface area contributed by atoms with Crippen LogP contribution < -0.4 is 5.32 Å². The minimum absolute atomic E-state index is 0.215. The molecule has 0 heterocycles. The number of esters is 1. The highest BCUT2D eigenvalue weighted by Crippen LogP contribution is 2.15. The van der Waals surface area contributed by atoms with E-state index in [1.54, 1.807) is 0 Å². The Morgan fingerprint density at radius 2 is 2.21 bits per heavy atom. The summed E-state index contributed by atoms with van der Waals surface area (Å²) in [6.45, 7) is 9.53. The summed E-state index contributed by atoms with van der Waals surface area (Å²) in [5.74, 6) is -0.215. The maximum absolute atomic E-state index is 11.6. The third-order valence-electron chi connectivity index (χ3n) is 2.09. The summed E-state index contributed by atoms with van der Waals surface area (Å²) in [5.41, 5.74) is -0.600. The molecule has 0 aromatic rings. The van der Waals surface area contributed by atoms with E-state index >= 15 is 0 Å². The fourth-order valence-corrected chi connectivity index (χ4v) is 1.49. The van der Waals surface area contributed by atoms with Gasteiger partial charge in [0.05, 0.1) is 7.11 Å². The molecular weight excluding hydrogens is 178 g/mol. The monoisotopic (exact) mass is 199 g/mol. The number of carbonyl (C=O) groups is 1. The molecule has 1 unspecified atom stereocenters. The van der Waals surface area contributed by atoms with E-state index in [0.29, 0.717) is 6.42 Å². The Bertz CT molecular complexity index is 201. The van der Waals surface area contributed by atoms with Crippen molar-refractivity contribution in [3.8, 4) is 0 Å². The Labute approximate surface area is 86.5 Å². The molecule has 82 valence electrons. The quantitative estimate of drug-likeness (QED) is 0.524. The maximum Gasteiger partial charge on any atom is 0.325 e. The molecule has 0 amide bonds. The van der Waals surface area contributed by atoms with Gasteiger partial charge in [0, 0.05) is 6.04 Å². The Morgan fingerprint density at radius 3 is 2.57 bits per heavy atom. The SMILES string of the molecule is C=CCCC(C)(NC(C)C)C(=O)OC. The summed E-state index contributed by atoms with van der Waals surface area (Å²) in [7, 11) is 1.41. The fraction of sp³-hybridized carbons (Fsp3) is 0.727. The average molecular weight is 199 g/mol. The van der Waals surface area contributed by atoms with E-state index in [1.807, 2.05) is 26.8 Å². The smallest absolute Gasteiger partial charge is 0.325 e. The van der Waals surface area contributed by atoms with Crippen LogP contribution in [0, 0.1) is 0 Å². The van der Waals surface area contributed by atoms with Gasteiger partial charge in [-0.1, -0.05) is 6.08 Å². The van der Waals surface area contributed by atoms with Crippen molar-refractivity contribution in [3.05, 3.63) is 12.7 Å². The lowest BCUT2D eigenvalue weighted by Gasteiger charge is -2.29. The van der Waals surface area contributed by atoms with E-state index in [4.69, 9.17) is 4.74 Å². The Balaban J connectivity index is 4.47. The summed E-state index contributed by atoms with van der Waals surface area (Å²) in [6, 6.07) is 0.254. The molecular formula is C11H21NO2. The minimum Gasteiger partial charge on any atom is -0.468 e. The number of hydrogen-bond donors (Lipinski definition) is 1. The van der Waals surface area contributed by atoms with Gasteiger partial charge in [0.2, 0.25) is 0 Å². The van der Waals surface area contributed by atoms with Crippen LogP contribution in [0.2, 0.25) is 0 Å². The molecule has 0 aromatic heterocycles. The van der Waals surface area contributed by atoms with Gasteiger partial charge in [-0.15, -0.1) is 6.58 Å². The van der Waals surface area contributed by atoms with Gasteiger partial charge in [-0.05, 0) is 33.6 Å². The number of nitrogens with one attached hydrogen (secondary N) is 1. The molecule has 0 fully saturated rings. The van der Waals surface area contributed by atoms with Crippen LogP contribution in [-0.4, -0.2) is 24.7 Å². The van der Waals surface area contributed by atoms with Crippen molar-refractivity contribution < 1.29 is 9.53 Å². The molecule has 0 radical (unpaired) electrons. The summed E-state index contributed by atoms with van der Waals surface area (Å²) in [4.78, 5) is 11.6. The van der Waals surface area contributed by atoms with Crippen molar-refractivity contribution in [1.29, 1.82) is 0 Å². The maximum atomic E-state index is 11.6. The number of ether oxygens (including phenoxy) is 1.